The molecule has 158 valence electrons. The summed E-state index contributed by atoms with van der Waals surface area (Å²) in [4.78, 5) is 11.1. The predicted octanol–water partition coefficient (Wildman–Crippen LogP) is 5.04. The second-order valence-electron chi connectivity index (χ2n) is 7.04. The third-order valence-electron chi connectivity index (χ3n) is 5.03. The van der Waals surface area contributed by atoms with E-state index < -0.39 is 11.8 Å². The number of hydrogen-bond acceptors (Lipinski definition) is 4. The molecular formula is C24H19F2NO4. The van der Waals surface area contributed by atoms with E-state index in [1.165, 1.54) is 24.5 Å². The topological polar surface area (TPSA) is 85.7 Å². The Morgan fingerprint density at radius 2 is 1.81 bits per heavy atom. The number of rotatable bonds is 7. The molecule has 0 amide bonds. The first-order valence-corrected chi connectivity index (χ1v) is 9.58. The van der Waals surface area contributed by atoms with Gasteiger partial charge in [0.1, 0.15) is 18.0 Å². The Bertz CT molecular complexity index is 1270. The molecule has 7 heteroatoms. The molecular weight excluding hydrogens is 404 g/mol. The summed E-state index contributed by atoms with van der Waals surface area (Å²) in [5.74, 6) is -2.23. The van der Waals surface area contributed by atoms with Gasteiger partial charge in [0, 0.05) is 34.2 Å². The number of benzene rings is 3. The van der Waals surface area contributed by atoms with Crippen LogP contribution in [0.5, 0.6) is 5.75 Å². The van der Waals surface area contributed by atoms with Crippen molar-refractivity contribution in [2.75, 3.05) is 0 Å². The van der Waals surface area contributed by atoms with E-state index in [0.717, 1.165) is 0 Å². The first kappa shape index (κ1) is 20.6. The van der Waals surface area contributed by atoms with Gasteiger partial charge >= 0.3 is 5.97 Å². The molecule has 0 saturated carbocycles. The minimum absolute atomic E-state index is 0.0463. The Morgan fingerprint density at radius 3 is 2.58 bits per heavy atom. The number of carboxylic acid groups (broad SMARTS) is 1. The van der Waals surface area contributed by atoms with Crippen LogP contribution in [0.3, 0.4) is 0 Å². The van der Waals surface area contributed by atoms with Gasteiger partial charge in [0.2, 0.25) is 0 Å². The van der Waals surface area contributed by atoms with Crippen LogP contribution in [0.2, 0.25) is 0 Å². The zero-order valence-electron chi connectivity index (χ0n) is 16.4. The lowest BCUT2D eigenvalue weighted by atomic mass is 10.00. The van der Waals surface area contributed by atoms with Crippen LogP contribution in [0, 0.1) is 11.6 Å². The number of carboxylic acids is 1. The summed E-state index contributed by atoms with van der Waals surface area (Å²) in [5, 5.41) is 9.73. The molecule has 0 unspecified atom stereocenters. The number of halogens is 2. The van der Waals surface area contributed by atoms with E-state index in [1.54, 1.807) is 36.4 Å². The van der Waals surface area contributed by atoms with Gasteiger partial charge in [0.05, 0.1) is 12.7 Å². The van der Waals surface area contributed by atoms with Gasteiger partial charge in [-0.3, -0.25) is 4.79 Å². The number of nitrogens with two attached hydrogens (primary N) is 1. The minimum Gasteiger partial charge on any atom is -0.485 e. The van der Waals surface area contributed by atoms with Crippen molar-refractivity contribution in [1.82, 2.24) is 0 Å². The third kappa shape index (κ3) is 4.13. The molecule has 0 aliphatic carbocycles. The molecule has 5 nitrogen and oxygen atoms in total. The quantitative estimate of drug-likeness (QED) is 0.435. The van der Waals surface area contributed by atoms with Crippen molar-refractivity contribution in [3.8, 4) is 16.9 Å². The summed E-state index contributed by atoms with van der Waals surface area (Å²) in [6, 6.07) is 14.4. The van der Waals surface area contributed by atoms with Crippen LogP contribution in [-0.4, -0.2) is 11.1 Å². The van der Waals surface area contributed by atoms with E-state index in [-0.39, 0.29) is 36.7 Å². The van der Waals surface area contributed by atoms with Crippen LogP contribution < -0.4 is 10.5 Å². The smallest absolute Gasteiger partial charge is 0.307 e. The lowest BCUT2D eigenvalue weighted by molar-refractivity contribution is -0.136. The molecule has 1 aromatic heterocycles. The van der Waals surface area contributed by atoms with Crippen molar-refractivity contribution in [2.45, 2.75) is 19.6 Å². The summed E-state index contributed by atoms with van der Waals surface area (Å²) in [5.41, 5.74) is 8.50. The highest BCUT2D eigenvalue weighted by atomic mass is 19.1. The number of furan rings is 1. The first-order valence-electron chi connectivity index (χ1n) is 9.58. The van der Waals surface area contributed by atoms with Crippen LogP contribution in [0.25, 0.3) is 22.1 Å². The van der Waals surface area contributed by atoms with Crippen molar-refractivity contribution >= 4 is 16.9 Å². The molecule has 3 aromatic carbocycles. The average molecular weight is 423 g/mol. The summed E-state index contributed by atoms with van der Waals surface area (Å²) in [6.45, 7) is 0.0450. The normalized spacial score (nSPS) is 11.1. The van der Waals surface area contributed by atoms with Gasteiger partial charge < -0.3 is 20.0 Å². The largest absolute Gasteiger partial charge is 0.485 e. The highest BCUT2D eigenvalue weighted by Crippen LogP contribution is 2.32. The van der Waals surface area contributed by atoms with Crippen LogP contribution in [0.1, 0.15) is 16.7 Å². The number of fused-ring (bicyclic) bond motifs is 1. The summed E-state index contributed by atoms with van der Waals surface area (Å²) in [7, 11) is 0. The Hall–Kier alpha value is -3.71. The molecule has 0 aliphatic rings. The van der Waals surface area contributed by atoms with E-state index in [0.29, 0.717) is 33.2 Å². The van der Waals surface area contributed by atoms with Crippen molar-refractivity contribution in [2.24, 2.45) is 5.73 Å². The molecule has 0 saturated heterocycles. The zero-order chi connectivity index (χ0) is 22.0. The molecule has 3 N–H and O–H groups in total. The highest BCUT2D eigenvalue weighted by molar-refractivity contribution is 5.86. The maximum absolute atomic E-state index is 14.7. The number of ether oxygens (including phenoxy) is 1. The van der Waals surface area contributed by atoms with Gasteiger partial charge in [0.25, 0.3) is 0 Å². The molecule has 31 heavy (non-hydrogen) atoms. The van der Waals surface area contributed by atoms with Crippen molar-refractivity contribution in [3.63, 3.8) is 0 Å². The second kappa shape index (κ2) is 8.57. The minimum atomic E-state index is -1.09. The zero-order valence-corrected chi connectivity index (χ0v) is 16.4. The van der Waals surface area contributed by atoms with Crippen LogP contribution >= 0.6 is 0 Å². The van der Waals surface area contributed by atoms with E-state index in [2.05, 4.69) is 0 Å². The maximum atomic E-state index is 14.7. The van der Waals surface area contributed by atoms with Gasteiger partial charge in [-0.1, -0.05) is 36.4 Å². The predicted molar refractivity (Wildman–Crippen MR) is 112 cm³/mol. The van der Waals surface area contributed by atoms with Gasteiger partial charge in [-0.15, -0.1) is 0 Å². The average Bonchev–Trinajstić information content (AvgIpc) is 3.15. The van der Waals surface area contributed by atoms with Gasteiger partial charge in [-0.25, -0.2) is 8.78 Å². The molecule has 4 rings (SSSR count). The molecule has 4 aromatic rings. The lowest BCUT2D eigenvalue weighted by Crippen LogP contribution is -2.05. The number of aliphatic carboxylic acids is 1. The fourth-order valence-corrected chi connectivity index (χ4v) is 3.49. The van der Waals surface area contributed by atoms with Crippen molar-refractivity contribution < 1.29 is 27.8 Å². The summed E-state index contributed by atoms with van der Waals surface area (Å²) in [6.07, 6.45) is 1.12. The maximum Gasteiger partial charge on any atom is 0.307 e. The van der Waals surface area contributed by atoms with Gasteiger partial charge in [-0.05, 0) is 23.8 Å². The molecule has 0 fully saturated rings. The Kier molecular flexibility index (Phi) is 5.68. The fourth-order valence-electron chi connectivity index (χ4n) is 3.49. The molecule has 1 heterocycles. The lowest BCUT2D eigenvalue weighted by Gasteiger charge is -2.11. The first-order chi connectivity index (χ1) is 15.0. The number of hydrogen-bond donors (Lipinski definition) is 2. The van der Waals surface area contributed by atoms with Gasteiger partial charge in [-0.2, -0.15) is 0 Å². The molecule has 0 spiro atoms. The third-order valence-corrected chi connectivity index (χ3v) is 5.03. The van der Waals surface area contributed by atoms with E-state index in [4.69, 9.17) is 20.0 Å². The molecule has 0 radical (unpaired) electrons. The van der Waals surface area contributed by atoms with Crippen LogP contribution in [0.4, 0.5) is 8.78 Å². The summed E-state index contributed by atoms with van der Waals surface area (Å²) < 4.78 is 40.2. The number of carbonyl (C=O) groups is 1. The Balaban J connectivity index is 1.67. The molecule has 0 aliphatic heterocycles. The van der Waals surface area contributed by atoms with Crippen LogP contribution in [0.15, 0.2) is 65.3 Å². The molecule has 0 bridgehead atoms. The fraction of sp³-hybridized carbons (Fsp3) is 0.125. The monoisotopic (exact) mass is 423 g/mol. The van der Waals surface area contributed by atoms with Crippen LogP contribution in [-0.2, 0) is 24.4 Å². The van der Waals surface area contributed by atoms with Crippen molar-refractivity contribution in [3.05, 3.63) is 89.2 Å². The standard InChI is InChI=1S/C24H19F2NO4/c25-20-6-2-3-15(10-22(28)29)24(20)31-13-17-12-30-21-8-7-14(9-19(17)21)18-5-1-4-16(11-27)23(18)26/h1-9,12H,10-11,13,27H2,(H,28,29). The summed E-state index contributed by atoms with van der Waals surface area (Å²) >= 11 is 0. The highest BCUT2D eigenvalue weighted by Gasteiger charge is 2.16. The van der Waals surface area contributed by atoms with E-state index >= 15 is 0 Å². The van der Waals surface area contributed by atoms with Gasteiger partial charge in [0.15, 0.2) is 11.6 Å². The van der Waals surface area contributed by atoms with Crippen molar-refractivity contribution in [1.29, 1.82) is 0 Å². The Labute approximate surface area is 176 Å². The molecule has 0 atom stereocenters. The second-order valence-corrected chi connectivity index (χ2v) is 7.04. The van der Waals surface area contributed by atoms with E-state index in [1.807, 2.05) is 0 Å². The number of para-hydroxylation sites is 1. The SMILES string of the molecule is NCc1cccc(-c2ccc3occ(COc4c(F)cccc4CC(=O)O)c3c2)c1F. The van der Waals surface area contributed by atoms with E-state index in [9.17, 15) is 13.6 Å². The Morgan fingerprint density at radius 1 is 1.03 bits per heavy atom.